The average molecular weight is 613 g/mol. The number of halogens is 5. The van der Waals surface area contributed by atoms with Gasteiger partial charge in [-0.05, 0) is 55.2 Å². The van der Waals surface area contributed by atoms with Gasteiger partial charge in [-0.25, -0.2) is 13.6 Å². The Labute approximate surface area is 247 Å². The first-order valence-corrected chi connectivity index (χ1v) is 14.6. The summed E-state index contributed by atoms with van der Waals surface area (Å²) in [6, 6.07) is 5.60. The van der Waals surface area contributed by atoms with Crippen LogP contribution in [-0.4, -0.2) is 71.6 Å². The van der Waals surface area contributed by atoms with Crippen LogP contribution in [0.5, 0.6) is 0 Å². The van der Waals surface area contributed by atoms with Crippen LogP contribution >= 0.6 is 0 Å². The fourth-order valence-electron chi connectivity index (χ4n) is 6.00. The molecule has 1 aliphatic heterocycles. The summed E-state index contributed by atoms with van der Waals surface area (Å²) in [5.41, 5.74) is 1.40. The van der Waals surface area contributed by atoms with E-state index in [4.69, 9.17) is 9.84 Å². The van der Waals surface area contributed by atoms with E-state index in [1.807, 2.05) is 0 Å². The van der Waals surface area contributed by atoms with E-state index in [0.717, 1.165) is 43.9 Å². The molecule has 13 heteroatoms. The highest BCUT2D eigenvalue weighted by Gasteiger charge is 2.35. The standard InChI is InChI=1S/C30H37F5N4O4/c31-21-8-6-20(7-9-21)25(19-4-2-1-3-5-19)12-28(40)38-27-15-36-14-26(32)24(27)11-10-23-13-37-22(17-43-23)16-39(29(41)42)18-30(33,34)35/h6-9,14-15,19,22-23,25,37H,1-5,10-13,16-18H2,(H,38,40)(H,41,42)/t22-,23+,25+/m0/s1. The average Bonchev–Trinajstić information content (AvgIpc) is 2.96. The van der Waals surface area contributed by atoms with Gasteiger partial charge in [-0.15, -0.1) is 0 Å². The maximum Gasteiger partial charge on any atom is 0.407 e. The van der Waals surface area contributed by atoms with Crippen molar-refractivity contribution >= 4 is 17.7 Å². The second-order valence-corrected chi connectivity index (χ2v) is 11.3. The fraction of sp³-hybridized carbons (Fsp3) is 0.567. The number of hydrogen-bond acceptors (Lipinski definition) is 5. The molecule has 1 saturated carbocycles. The predicted octanol–water partition coefficient (Wildman–Crippen LogP) is 5.88. The van der Waals surface area contributed by atoms with Crippen molar-refractivity contribution in [3.8, 4) is 0 Å². The van der Waals surface area contributed by atoms with Crippen molar-refractivity contribution in [1.29, 1.82) is 0 Å². The number of nitrogens with one attached hydrogen (secondary N) is 2. The first kappa shape index (κ1) is 32.6. The molecular formula is C30H37F5N4O4. The van der Waals surface area contributed by atoms with E-state index in [0.29, 0.717) is 6.42 Å². The third-order valence-corrected chi connectivity index (χ3v) is 8.17. The molecule has 3 N–H and O–H groups in total. The quantitative estimate of drug-likeness (QED) is 0.274. The second-order valence-electron chi connectivity index (χ2n) is 11.3. The molecule has 3 atom stereocenters. The van der Waals surface area contributed by atoms with Gasteiger partial charge < -0.3 is 20.5 Å². The van der Waals surface area contributed by atoms with Gasteiger partial charge in [-0.1, -0.05) is 31.4 Å². The molecule has 0 radical (unpaired) electrons. The van der Waals surface area contributed by atoms with Gasteiger partial charge in [-0.3, -0.25) is 14.7 Å². The molecule has 2 aromatic rings. The minimum absolute atomic E-state index is 0.0132. The molecule has 4 rings (SSSR count). The summed E-state index contributed by atoms with van der Waals surface area (Å²) in [6.07, 6.45) is 1.68. The number of hydrogen-bond donors (Lipinski definition) is 3. The number of amides is 2. The number of benzene rings is 1. The third kappa shape index (κ3) is 9.85. The Morgan fingerprint density at radius 3 is 2.47 bits per heavy atom. The summed E-state index contributed by atoms with van der Waals surface area (Å²) in [5, 5.41) is 14.9. The van der Waals surface area contributed by atoms with E-state index in [2.05, 4.69) is 15.6 Å². The second kappa shape index (κ2) is 14.9. The first-order valence-electron chi connectivity index (χ1n) is 14.6. The van der Waals surface area contributed by atoms with E-state index in [1.165, 1.54) is 18.3 Å². The number of alkyl halides is 3. The Kier molecular flexibility index (Phi) is 11.3. The van der Waals surface area contributed by atoms with Gasteiger partial charge in [0, 0.05) is 31.1 Å². The molecule has 1 saturated heterocycles. The molecule has 2 heterocycles. The molecule has 0 bridgehead atoms. The highest BCUT2D eigenvalue weighted by atomic mass is 19.4. The number of nitrogens with zero attached hydrogens (tertiary/aromatic N) is 2. The number of carboxylic acid groups (broad SMARTS) is 1. The SMILES string of the molecule is O=C(C[C@@H](c1ccc(F)cc1)C1CCCCC1)Nc1cncc(F)c1CC[C@@H]1CN[C@@H](CN(CC(F)(F)F)C(=O)O)CO1. The van der Waals surface area contributed by atoms with E-state index in [9.17, 15) is 31.5 Å². The van der Waals surface area contributed by atoms with Crippen molar-refractivity contribution in [1.82, 2.24) is 15.2 Å². The Balaban J connectivity index is 1.34. The molecule has 43 heavy (non-hydrogen) atoms. The van der Waals surface area contributed by atoms with Gasteiger partial charge >= 0.3 is 12.3 Å². The number of ether oxygens (including phenoxy) is 1. The lowest BCUT2D eigenvalue weighted by molar-refractivity contribution is -0.143. The molecule has 0 unspecified atom stereocenters. The summed E-state index contributed by atoms with van der Waals surface area (Å²) in [7, 11) is 0. The number of rotatable bonds is 11. The molecule has 2 fully saturated rings. The zero-order chi connectivity index (χ0) is 31.0. The predicted molar refractivity (Wildman–Crippen MR) is 149 cm³/mol. The van der Waals surface area contributed by atoms with Crippen molar-refractivity contribution in [3.05, 3.63) is 59.4 Å². The van der Waals surface area contributed by atoms with Crippen LogP contribution in [0.2, 0.25) is 0 Å². The Bertz CT molecular complexity index is 1220. The maximum absolute atomic E-state index is 14.9. The van der Waals surface area contributed by atoms with Gasteiger partial charge in [0.1, 0.15) is 18.2 Å². The number of morpholine rings is 1. The molecular weight excluding hydrogens is 575 g/mol. The van der Waals surface area contributed by atoms with Crippen LogP contribution in [0.4, 0.5) is 32.4 Å². The van der Waals surface area contributed by atoms with Crippen LogP contribution in [0, 0.1) is 17.6 Å². The van der Waals surface area contributed by atoms with Crippen molar-refractivity contribution in [2.75, 3.05) is 31.6 Å². The Hall–Kier alpha value is -3.32. The Morgan fingerprint density at radius 2 is 1.84 bits per heavy atom. The van der Waals surface area contributed by atoms with Crippen molar-refractivity contribution in [3.63, 3.8) is 0 Å². The molecule has 1 aliphatic carbocycles. The van der Waals surface area contributed by atoms with Crippen LogP contribution < -0.4 is 10.6 Å². The highest BCUT2D eigenvalue weighted by molar-refractivity contribution is 5.92. The summed E-state index contributed by atoms with van der Waals surface area (Å²) >= 11 is 0. The van der Waals surface area contributed by atoms with Crippen LogP contribution in [0.15, 0.2) is 36.7 Å². The van der Waals surface area contributed by atoms with E-state index in [-0.39, 0.29) is 65.7 Å². The lowest BCUT2D eigenvalue weighted by atomic mass is 9.75. The van der Waals surface area contributed by atoms with Crippen molar-refractivity contribution in [2.45, 2.75) is 75.6 Å². The number of carbonyl (C=O) groups excluding carboxylic acids is 1. The van der Waals surface area contributed by atoms with Gasteiger partial charge in [-0.2, -0.15) is 13.2 Å². The van der Waals surface area contributed by atoms with Crippen LogP contribution in [0.1, 0.15) is 62.0 Å². The first-order chi connectivity index (χ1) is 20.5. The zero-order valence-corrected chi connectivity index (χ0v) is 23.7. The van der Waals surface area contributed by atoms with E-state index in [1.54, 1.807) is 12.1 Å². The maximum atomic E-state index is 14.9. The zero-order valence-electron chi connectivity index (χ0n) is 23.7. The lowest BCUT2D eigenvalue weighted by Gasteiger charge is -2.33. The molecule has 0 spiro atoms. The minimum atomic E-state index is -4.66. The van der Waals surface area contributed by atoms with Crippen LogP contribution in [0.25, 0.3) is 0 Å². The number of anilines is 1. The summed E-state index contributed by atoms with van der Waals surface area (Å²) in [4.78, 5) is 28.6. The third-order valence-electron chi connectivity index (χ3n) is 8.17. The molecule has 2 amide bonds. The van der Waals surface area contributed by atoms with Gasteiger partial charge in [0.05, 0.1) is 30.8 Å². The van der Waals surface area contributed by atoms with Crippen LogP contribution in [-0.2, 0) is 16.0 Å². The molecule has 236 valence electrons. The number of pyridine rings is 1. The summed E-state index contributed by atoms with van der Waals surface area (Å²) < 4.78 is 72.3. The van der Waals surface area contributed by atoms with E-state index >= 15 is 0 Å². The van der Waals surface area contributed by atoms with Gasteiger partial charge in [0.15, 0.2) is 0 Å². The van der Waals surface area contributed by atoms with Gasteiger partial charge in [0.2, 0.25) is 5.91 Å². The summed E-state index contributed by atoms with van der Waals surface area (Å²) in [6.45, 7) is -1.75. The monoisotopic (exact) mass is 612 g/mol. The molecule has 1 aromatic heterocycles. The normalized spacial score (nSPS) is 20.4. The lowest BCUT2D eigenvalue weighted by Crippen LogP contribution is -2.53. The van der Waals surface area contributed by atoms with E-state index < -0.39 is 43.3 Å². The summed E-state index contributed by atoms with van der Waals surface area (Å²) in [5.74, 6) is -1.05. The van der Waals surface area contributed by atoms with Crippen LogP contribution in [0.3, 0.4) is 0 Å². The number of carbonyl (C=O) groups is 2. The number of aromatic nitrogens is 1. The van der Waals surface area contributed by atoms with Crippen molar-refractivity contribution < 1.29 is 41.4 Å². The topological polar surface area (TPSA) is 104 Å². The fourth-order valence-corrected chi connectivity index (χ4v) is 6.00. The molecule has 8 nitrogen and oxygen atoms in total. The van der Waals surface area contributed by atoms with Crippen molar-refractivity contribution in [2.24, 2.45) is 5.92 Å². The smallest absolute Gasteiger partial charge is 0.407 e. The molecule has 1 aromatic carbocycles. The molecule has 2 aliphatic rings. The van der Waals surface area contributed by atoms with Gasteiger partial charge in [0.25, 0.3) is 0 Å². The minimum Gasteiger partial charge on any atom is -0.465 e. The highest BCUT2D eigenvalue weighted by Crippen LogP contribution is 2.38. The largest absolute Gasteiger partial charge is 0.465 e. The Morgan fingerprint density at radius 1 is 1.12 bits per heavy atom.